The lowest BCUT2D eigenvalue weighted by molar-refractivity contribution is -0.161. The first-order valence-corrected chi connectivity index (χ1v) is 37.2. The number of unbranched alkanes of at least 4 members (excludes halogenated alkanes) is 28. The molecule has 0 spiro atoms. The van der Waals surface area contributed by atoms with E-state index in [1.54, 1.807) is 0 Å². The van der Waals surface area contributed by atoms with Gasteiger partial charge in [-0.05, 0) is 49.4 Å². The molecule has 0 rings (SSSR count). The van der Waals surface area contributed by atoms with E-state index in [2.05, 4.69) is 55.4 Å². The number of phosphoric ester groups is 2. The van der Waals surface area contributed by atoms with E-state index in [4.69, 9.17) is 37.0 Å². The fourth-order valence-corrected chi connectivity index (χ4v) is 11.3. The molecule has 0 aromatic heterocycles. The molecular formula is C66H128O17P2. The second kappa shape index (κ2) is 56.1. The Morgan fingerprint density at radius 3 is 0.835 bits per heavy atom. The molecule has 3 N–H and O–H groups in total. The van der Waals surface area contributed by atoms with Gasteiger partial charge in [-0.25, -0.2) is 9.13 Å². The highest BCUT2D eigenvalue weighted by atomic mass is 31.2. The third-order valence-corrected chi connectivity index (χ3v) is 17.3. The Kier molecular flexibility index (Phi) is 54.8. The van der Waals surface area contributed by atoms with Crippen molar-refractivity contribution in [2.24, 2.45) is 23.7 Å². The second-order valence-electron chi connectivity index (χ2n) is 25.5. The molecule has 19 heteroatoms. The minimum atomic E-state index is -4.95. The standard InChI is InChI=1S/C66H128O17P2/c1-9-59(8)45-37-29-23-25-31-39-47-64(69)77-53-62(83-66(71)49-41-33-21-17-13-11-15-19-27-35-43-57(4)5)55-81-85(74,75)79-51-60(67)50-78-84(72,73)80-54-61(52-76-63(68)46-38-30-24-22-28-36-44-58(6)7)82-65(70)48-40-32-20-16-12-10-14-18-26-34-42-56(2)3/h56-62,67H,9-55H2,1-8H3,(H,72,73)(H,74,75)/t59?,60-,61+,62+/m0/s1. The normalized spacial score (nSPS) is 14.7. The average Bonchev–Trinajstić information content (AvgIpc) is 3.55. The van der Waals surface area contributed by atoms with Gasteiger partial charge in [-0.2, -0.15) is 0 Å². The van der Waals surface area contributed by atoms with Crippen molar-refractivity contribution < 1.29 is 80.2 Å². The van der Waals surface area contributed by atoms with Crippen LogP contribution in [0, 0.1) is 23.7 Å². The smallest absolute Gasteiger partial charge is 0.462 e. The summed E-state index contributed by atoms with van der Waals surface area (Å²) in [5.74, 6) is 0.776. The van der Waals surface area contributed by atoms with Gasteiger partial charge in [0.2, 0.25) is 0 Å². The zero-order valence-electron chi connectivity index (χ0n) is 55.2. The van der Waals surface area contributed by atoms with E-state index in [1.807, 2.05) is 0 Å². The Morgan fingerprint density at radius 1 is 0.329 bits per heavy atom. The van der Waals surface area contributed by atoms with Gasteiger partial charge in [0.1, 0.15) is 19.3 Å². The van der Waals surface area contributed by atoms with E-state index < -0.39 is 97.5 Å². The molecular weight excluding hydrogens is 1130 g/mol. The van der Waals surface area contributed by atoms with Gasteiger partial charge in [0.15, 0.2) is 12.2 Å². The maximum Gasteiger partial charge on any atom is 0.472 e. The summed E-state index contributed by atoms with van der Waals surface area (Å²) in [6.07, 6.45) is 36.3. The zero-order chi connectivity index (χ0) is 63.2. The van der Waals surface area contributed by atoms with Crippen molar-refractivity contribution in [3.63, 3.8) is 0 Å². The molecule has 0 heterocycles. The molecule has 0 aromatic rings. The first-order chi connectivity index (χ1) is 40.6. The van der Waals surface area contributed by atoms with E-state index in [9.17, 15) is 43.2 Å². The number of aliphatic hydroxyl groups is 1. The lowest BCUT2D eigenvalue weighted by atomic mass is 10.00. The SMILES string of the molecule is CCC(C)CCCCCCCCC(=O)OC[C@H](COP(=O)(O)OC[C@@H](O)COP(=O)(O)OC[C@@H](COC(=O)CCCCCCCCC(C)C)OC(=O)CCCCCCCCCCCCC(C)C)OC(=O)CCCCCCCCCCCCC(C)C. The Morgan fingerprint density at radius 2 is 0.565 bits per heavy atom. The Hall–Kier alpha value is -1.94. The Balaban J connectivity index is 5.25. The molecule has 6 atom stereocenters. The largest absolute Gasteiger partial charge is 0.472 e. The molecule has 0 aliphatic rings. The van der Waals surface area contributed by atoms with Crippen LogP contribution in [0.5, 0.6) is 0 Å². The number of carbonyl (C=O) groups excluding carboxylic acids is 4. The number of carbonyl (C=O) groups is 4. The third-order valence-electron chi connectivity index (χ3n) is 15.4. The Labute approximate surface area is 517 Å². The first kappa shape index (κ1) is 83.1. The number of aliphatic hydroxyl groups excluding tert-OH is 1. The van der Waals surface area contributed by atoms with Gasteiger partial charge in [0.25, 0.3) is 0 Å². The minimum absolute atomic E-state index is 0.104. The molecule has 0 fully saturated rings. The van der Waals surface area contributed by atoms with Crippen LogP contribution in [0.15, 0.2) is 0 Å². The molecule has 0 amide bonds. The Bertz CT molecular complexity index is 1700. The molecule has 0 radical (unpaired) electrons. The second-order valence-corrected chi connectivity index (χ2v) is 28.4. The molecule has 0 saturated carbocycles. The molecule has 0 aliphatic carbocycles. The summed E-state index contributed by atoms with van der Waals surface area (Å²) in [5, 5.41) is 10.5. The van der Waals surface area contributed by atoms with Crippen molar-refractivity contribution in [3.8, 4) is 0 Å². The summed E-state index contributed by atoms with van der Waals surface area (Å²) in [5.41, 5.74) is 0. The fourth-order valence-electron chi connectivity index (χ4n) is 9.75. The summed E-state index contributed by atoms with van der Waals surface area (Å²) < 4.78 is 68.1. The van der Waals surface area contributed by atoms with Crippen molar-refractivity contribution in [2.45, 2.75) is 337 Å². The zero-order valence-corrected chi connectivity index (χ0v) is 57.0. The monoisotopic (exact) mass is 1250 g/mol. The number of esters is 4. The summed E-state index contributed by atoms with van der Waals surface area (Å²) in [6, 6.07) is 0. The van der Waals surface area contributed by atoms with Crippen LogP contribution in [-0.2, 0) is 65.4 Å². The van der Waals surface area contributed by atoms with E-state index >= 15 is 0 Å². The van der Waals surface area contributed by atoms with Gasteiger partial charge in [-0.15, -0.1) is 0 Å². The molecule has 504 valence electrons. The fraction of sp³-hybridized carbons (Fsp3) is 0.939. The number of ether oxygens (including phenoxy) is 4. The number of hydrogen-bond donors (Lipinski definition) is 3. The third kappa shape index (κ3) is 59.5. The van der Waals surface area contributed by atoms with Crippen LogP contribution in [0.1, 0.15) is 319 Å². The first-order valence-electron chi connectivity index (χ1n) is 34.2. The average molecular weight is 1260 g/mol. The van der Waals surface area contributed by atoms with E-state index in [-0.39, 0.29) is 25.7 Å². The van der Waals surface area contributed by atoms with Crippen LogP contribution in [0.25, 0.3) is 0 Å². The molecule has 3 unspecified atom stereocenters. The molecule has 0 aliphatic heterocycles. The lowest BCUT2D eigenvalue weighted by Gasteiger charge is -2.21. The maximum absolute atomic E-state index is 13.0. The van der Waals surface area contributed by atoms with Crippen LogP contribution >= 0.6 is 15.6 Å². The van der Waals surface area contributed by atoms with Gasteiger partial charge < -0.3 is 33.8 Å². The summed E-state index contributed by atoms with van der Waals surface area (Å²) >= 11 is 0. The van der Waals surface area contributed by atoms with Crippen LogP contribution in [-0.4, -0.2) is 96.7 Å². The van der Waals surface area contributed by atoms with E-state index in [0.717, 1.165) is 120 Å². The lowest BCUT2D eigenvalue weighted by Crippen LogP contribution is -2.30. The molecule has 0 saturated heterocycles. The number of phosphoric acid groups is 2. The van der Waals surface area contributed by atoms with Crippen molar-refractivity contribution in [2.75, 3.05) is 39.6 Å². The molecule has 0 aromatic carbocycles. The summed E-state index contributed by atoms with van der Waals surface area (Å²) in [4.78, 5) is 72.3. The molecule has 17 nitrogen and oxygen atoms in total. The van der Waals surface area contributed by atoms with Gasteiger partial charge >= 0.3 is 39.5 Å². The van der Waals surface area contributed by atoms with E-state index in [0.29, 0.717) is 31.6 Å². The number of rotatable bonds is 63. The van der Waals surface area contributed by atoms with Gasteiger partial charge in [0, 0.05) is 25.7 Å². The van der Waals surface area contributed by atoms with Crippen molar-refractivity contribution >= 4 is 39.5 Å². The van der Waals surface area contributed by atoms with Crippen LogP contribution < -0.4 is 0 Å². The summed E-state index contributed by atoms with van der Waals surface area (Å²) in [6.45, 7) is 14.0. The highest BCUT2D eigenvalue weighted by Crippen LogP contribution is 2.45. The predicted molar refractivity (Wildman–Crippen MR) is 340 cm³/mol. The van der Waals surface area contributed by atoms with Gasteiger partial charge in [0.05, 0.1) is 26.4 Å². The minimum Gasteiger partial charge on any atom is -0.462 e. The van der Waals surface area contributed by atoms with Gasteiger partial charge in [-0.3, -0.25) is 37.3 Å². The summed E-state index contributed by atoms with van der Waals surface area (Å²) in [7, 11) is -9.89. The topological polar surface area (TPSA) is 237 Å². The van der Waals surface area contributed by atoms with Crippen molar-refractivity contribution in [3.05, 3.63) is 0 Å². The van der Waals surface area contributed by atoms with Gasteiger partial charge in [-0.1, -0.05) is 267 Å². The number of hydrogen-bond acceptors (Lipinski definition) is 15. The highest BCUT2D eigenvalue weighted by molar-refractivity contribution is 7.47. The molecule has 0 bridgehead atoms. The molecule has 85 heavy (non-hydrogen) atoms. The van der Waals surface area contributed by atoms with Crippen molar-refractivity contribution in [1.29, 1.82) is 0 Å². The van der Waals surface area contributed by atoms with Crippen LogP contribution in [0.2, 0.25) is 0 Å². The van der Waals surface area contributed by atoms with Crippen LogP contribution in [0.3, 0.4) is 0 Å². The predicted octanol–water partition coefficient (Wildman–Crippen LogP) is 18.1. The van der Waals surface area contributed by atoms with Crippen LogP contribution in [0.4, 0.5) is 0 Å². The van der Waals surface area contributed by atoms with E-state index in [1.165, 1.54) is 109 Å². The maximum atomic E-state index is 13.0. The van der Waals surface area contributed by atoms with Crippen molar-refractivity contribution in [1.82, 2.24) is 0 Å². The highest BCUT2D eigenvalue weighted by Gasteiger charge is 2.30. The quantitative estimate of drug-likeness (QED) is 0.0222.